The Balaban J connectivity index is 1.47. The van der Waals surface area contributed by atoms with Crippen molar-refractivity contribution in [3.8, 4) is 11.5 Å². The second-order valence-electron chi connectivity index (χ2n) is 8.26. The summed E-state index contributed by atoms with van der Waals surface area (Å²) in [4.78, 5) is 43.4. The van der Waals surface area contributed by atoms with Crippen LogP contribution in [0.2, 0.25) is 0 Å². The van der Waals surface area contributed by atoms with Crippen LogP contribution in [0.3, 0.4) is 0 Å². The number of rotatable bonds is 8. The fourth-order valence-electron chi connectivity index (χ4n) is 3.81. The highest BCUT2D eigenvalue weighted by atomic mass is 16.5. The summed E-state index contributed by atoms with van der Waals surface area (Å²) in [5.74, 6) is 0.966. The summed E-state index contributed by atoms with van der Waals surface area (Å²) in [6.07, 6.45) is 1.40. The number of aryl methyl sites for hydroxylation is 1. The second kappa shape index (κ2) is 9.88. The molecule has 0 fully saturated rings. The summed E-state index contributed by atoms with van der Waals surface area (Å²) in [6.45, 7) is 0.659. The first-order valence-electron chi connectivity index (χ1n) is 11.0. The van der Waals surface area contributed by atoms with Crippen molar-refractivity contribution in [3.05, 3.63) is 86.8 Å². The van der Waals surface area contributed by atoms with Gasteiger partial charge in [0.25, 0.3) is 5.56 Å². The predicted octanol–water partition coefficient (Wildman–Crippen LogP) is 1.68. The summed E-state index contributed by atoms with van der Waals surface area (Å²) < 4.78 is 15.1. The monoisotopic (exact) mass is 477 g/mol. The largest absolute Gasteiger partial charge is 0.493 e. The quantitative estimate of drug-likeness (QED) is 0.383. The number of carbonyl (C=O) groups excluding carboxylic acids is 1. The molecule has 0 saturated heterocycles. The van der Waals surface area contributed by atoms with Gasteiger partial charge in [0.1, 0.15) is 13.2 Å². The van der Waals surface area contributed by atoms with E-state index < -0.39 is 11.2 Å². The van der Waals surface area contributed by atoms with Crippen LogP contribution >= 0.6 is 0 Å². The zero-order valence-electron chi connectivity index (χ0n) is 20.1. The van der Waals surface area contributed by atoms with Crippen LogP contribution in [0.5, 0.6) is 11.5 Å². The van der Waals surface area contributed by atoms with E-state index >= 15 is 0 Å². The van der Waals surface area contributed by atoms with Crippen LogP contribution in [0.25, 0.3) is 11.2 Å². The van der Waals surface area contributed by atoms with Gasteiger partial charge in [-0.3, -0.25) is 18.7 Å². The minimum Gasteiger partial charge on any atom is -0.493 e. The zero-order chi connectivity index (χ0) is 25.1. The molecule has 4 rings (SSSR count). The van der Waals surface area contributed by atoms with Gasteiger partial charge >= 0.3 is 5.69 Å². The molecule has 0 unspecified atom stereocenters. The maximum Gasteiger partial charge on any atom is 0.332 e. The molecule has 0 aliphatic rings. The standard InChI is InChI=1S/C25H27N5O5/c1-27(21(31)14-30-16-26-23-22(30)24(32)29(3)25(33)28(23)2)13-18-10-11-19(20(12-18)34-4)35-15-17-8-6-5-7-9-17/h5-12,16H,13-15H2,1-4H3. The van der Waals surface area contributed by atoms with E-state index in [0.29, 0.717) is 24.7 Å². The lowest BCUT2D eigenvalue weighted by Gasteiger charge is -2.19. The van der Waals surface area contributed by atoms with Crippen LogP contribution in [-0.2, 0) is 38.6 Å². The van der Waals surface area contributed by atoms with Crippen LogP contribution in [0.4, 0.5) is 0 Å². The third kappa shape index (κ3) is 4.81. The smallest absolute Gasteiger partial charge is 0.332 e. The zero-order valence-corrected chi connectivity index (χ0v) is 20.1. The van der Waals surface area contributed by atoms with Gasteiger partial charge in [-0.1, -0.05) is 36.4 Å². The minimum atomic E-state index is -0.494. The predicted molar refractivity (Wildman–Crippen MR) is 130 cm³/mol. The molecular weight excluding hydrogens is 450 g/mol. The lowest BCUT2D eigenvalue weighted by atomic mass is 10.2. The van der Waals surface area contributed by atoms with Gasteiger partial charge in [0, 0.05) is 27.7 Å². The Labute approximate surface area is 201 Å². The normalized spacial score (nSPS) is 11.0. The Bertz CT molecular complexity index is 1490. The Hall–Kier alpha value is -4.34. The number of carbonyl (C=O) groups is 1. The molecule has 2 heterocycles. The summed E-state index contributed by atoms with van der Waals surface area (Å²) in [6, 6.07) is 15.4. The lowest BCUT2D eigenvalue weighted by molar-refractivity contribution is -0.131. The number of benzene rings is 2. The van der Waals surface area contributed by atoms with Gasteiger partial charge in [0.05, 0.1) is 13.4 Å². The van der Waals surface area contributed by atoms with Crippen molar-refractivity contribution < 1.29 is 14.3 Å². The number of aromatic nitrogens is 4. The highest BCUT2D eigenvalue weighted by Gasteiger charge is 2.18. The first kappa shape index (κ1) is 23.8. The average Bonchev–Trinajstić information content (AvgIpc) is 3.29. The third-order valence-electron chi connectivity index (χ3n) is 5.83. The maximum absolute atomic E-state index is 12.9. The molecule has 4 aromatic rings. The number of ether oxygens (including phenoxy) is 2. The molecule has 0 aliphatic carbocycles. The average molecular weight is 478 g/mol. The molecular formula is C25H27N5O5. The third-order valence-corrected chi connectivity index (χ3v) is 5.83. The van der Waals surface area contributed by atoms with Gasteiger partial charge in [-0.15, -0.1) is 0 Å². The van der Waals surface area contributed by atoms with E-state index in [1.54, 1.807) is 19.1 Å². The van der Waals surface area contributed by atoms with Crippen molar-refractivity contribution in [3.63, 3.8) is 0 Å². The highest BCUT2D eigenvalue weighted by molar-refractivity contribution is 5.78. The number of hydrogen-bond donors (Lipinski definition) is 0. The fourth-order valence-corrected chi connectivity index (χ4v) is 3.81. The molecule has 0 radical (unpaired) electrons. The Morgan fingerprint density at radius 2 is 1.74 bits per heavy atom. The SMILES string of the molecule is COc1cc(CN(C)C(=O)Cn2cnc3c2c(=O)n(C)c(=O)n3C)ccc1OCc1ccccc1. The topological polar surface area (TPSA) is 101 Å². The van der Waals surface area contributed by atoms with Crippen molar-refractivity contribution in [1.82, 2.24) is 23.6 Å². The van der Waals surface area contributed by atoms with Gasteiger partial charge in [-0.2, -0.15) is 0 Å². The Morgan fingerprint density at radius 3 is 2.46 bits per heavy atom. The van der Waals surface area contributed by atoms with Gasteiger partial charge in [-0.05, 0) is 23.3 Å². The van der Waals surface area contributed by atoms with Crippen LogP contribution < -0.4 is 20.7 Å². The Kier molecular flexibility index (Phi) is 6.72. The van der Waals surface area contributed by atoms with E-state index in [4.69, 9.17) is 9.47 Å². The van der Waals surface area contributed by atoms with Crippen molar-refractivity contribution in [2.45, 2.75) is 19.7 Å². The molecule has 182 valence electrons. The van der Waals surface area contributed by atoms with Crippen LogP contribution in [0, 0.1) is 0 Å². The first-order chi connectivity index (χ1) is 16.8. The minimum absolute atomic E-state index is 0.0875. The van der Waals surface area contributed by atoms with Crippen LogP contribution in [0.15, 0.2) is 64.4 Å². The van der Waals surface area contributed by atoms with Crippen molar-refractivity contribution in [1.29, 1.82) is 0 Å². The number of nitrogens with zero attached hydrogens (tertiary/aromatic N) is 5. The van der Waals surface area contributed by atoms with Crippen LogP contribution in [-0.4, -0.2) is 43.6 Å². The number of hydrogen-bond acceptors (Lipinski definition) is 6. The van der Waals surface area contributed by atoms with Crippen LogP contribution in [0.1, 0.15) is 11.1 Å². The van der Waals surface area contributed by atoms with E-state index in [1.807, 2.05) is 48.5 Å². The van der Waals surface area contributed by atoms with E-state index in [2.05, 4.69) is 4.98 Å². The summed E-state index contributed by atoms with van der Waals surface area (Å²) >= 11 is 0. The molecule has 0 aliphatic heterocycles. The summed E-state index contributed by atoms with van der Waals surface area (Å²) in [5, 5.41) is 0. The van der Waals surface area contributed by atoms with Gasteiger partial charge in [0.2, 0.25) is 5.91 Å². The summed E-state index contributed by atoms with van der Waals surface area (Å²) in [5.41, 5.74) is 1.39. The lowest BCUT2D eigenvalue weighted by Crippen LogP contribution is -2.38. The summed E-state index contributed by atoms with van der Waals surface area (Å²) in [7, 11) is 6.19. The van der Waals surface area contributed by atoms with E-state index in [9.17, 15) is 14.4 Å². The number of amides is 1. The molecule has 2 aromatic carbocycles. The number of likely N-dealkylation sites (N-methyl/N-ethyl adjacent to an activating group) is 1. The number of methoxy groups -OCH3 is 1. The molecule has 0 saturated carbocycles. The van der Waals surface area contributed by atoms with Crippen molar-refractivity contribution >= 4 is 17.1 Å². The molecule has 0 bridgehead atoms. The molecule has 2 aromatic heterocycles. The fraction of sp³-hybridized carbons (Fsp3) is 0.280. The molecule has 1 amide bonds. The number of fused-ring (bicyclic) bond motifs is 1. The van der Waals surface area contributed by atoms with Gasteiger partial charge in [0.15, 0.2) is 22.7 Å². The molecule has 0 spiro atoms. The van der Waals surface area contributed by atoms with E-state index in [-0.39, 0.29) is 23.6 Å². The van der Waals surface area contributed by atoms with Gasteiger partial charge in [-0.25, -0.2) is 9.78 Å². The number of imidazole rings is 1. The molecule has 10 heteroatoms. The first-order valence-corrected chi connectivity index (χ1v) is 11.0. The Morgan fingerprint density at radius 1 is 1.00 bits per heavy atom. The van der Waals surface area contributed by atoms with Gasteiger partial charge < -0.3 is 18.9 Å². The highest BCUT2D eigenvalue weighted by Crippen LogP contribution is 2.29. The second-order valence-corrected chi connectivity index (χ2v) is 8.26. The molecule has 0 atom stereocenters. The van der Waals surface area contributed by atoms with E-state index in [1.165, 1.54) is 29.6 Å². The van der Waals surface area contributed by atoms with Crippen molar-refractivity contribution in [2.24, 2.45) is 14.1 Å². The molecule has 10 nitrogen and oxygen atoms in total. The maximum atomic E-state index is 12.9. The molecule has 35 heavy (non-hydrogen) atoms. The molecule has 0 N–H and O–H groups in total. The van der Waals surface area contributed by atoms with E-state index in [0.717, 1.165) is 15.7 Å². The van der Waals surface area contributed by atoms with Crippen molar-refractivity contribution in [2.75, 3.05) is 14.2 Å².